The van der Waals surface area contributed by atoms with E-state index < -0.39 is 36.4 Å². The lowest BCUT2D eigenvalue weighted by Gasteiger charge is -2.30. The molecule has 0 radical (unpaired) electrons. The highest BCUT2D eigenvalue weighted by Gasteiger charge is 2.42. The van der Waals surface area contributed by atoms with E-state index in [2.05, 4.69) is 33.4 Å². The number of nitrogens with zero attached hydrogens (tertiary/aromatic N) is 2. The van der Waals surface area contributed by atoms with Crippen LogP contribution in [0.1, 0.15) is 90.2 Å². The van der Waals surface area contributed by atoms with Crippen molar-refractivity contribution in [3.05, 3.63) is 71.8 Å². The fourth-order valence-corrected chi connectivity index (χ4v) is 10.1. The minimum atomic E-state index is -0.806. The van der Waals surface area contributed by atoms with Gasteiger partial charge in [0.05, 0.1) is 14.2 Å². The molecule has 0 unspecified atom stereocenters. The molecule has 1 spiro atoms. The molecule has 3 fully saturated rings. The summed E-state index contributed by atoms with van der Waals surface area (Å²) in [6.07, 6.45) is 8.06. The Labute approximate surface area is 370 Å². The highest BCUT2D eigenvalue weighted by atomic mass is 16.5. The maximum Gasteiger partial charge on any atom is 0.407 e. The third-order valence-electron chi connectivity index (χ3n) is 13.5. The molecule has 4 aliphatic rings. The van der Waals surface area contributed by atoms with Gasteiger partial charge in [-0.05, 0) is 132 Å². The second kappa shape index (κ2) is 19.2. The van der Waals surface area contributed by atoms with E-state index in [1.54, 1.807) is 9.80 Å². The monoisotopic (exact) mass is 862 g/mol. The first-order valence-electron chi connectivity index (χ1n) is 22.5. The van der Waals surface area contributed by atoms with E-state index in [1.165, 1.54) is 56.6 Å². The average molecular weight is 863 g/mol. The van der Waals surface area contributed by atoms with E-state index in [9.17, 15) is 28.8 Å². The minimum Gasteiger partial charge on any atom is -0.453 e. The number of ether oxygens (including phenoxy) is 2. The summed E-state index contributed by atoms with van der Waals surface area (Å²) in [4.78, 5) is 81.5. The Morgan fingerprint density at radius 1 is 0.603 bits per heavy atom. The maximum atomic E-state index is 13.7. The molecule has 336 valence electrons. The van der Waals surface area contributed by atoms with Gasteiger partial charge in [-0.1, -0.05) is 70.9 Å². The van der Waals surface area contributed by atoms with Gasteiger partial charge in [-0.25, -0.2) is 9.59 Å². The quantitative estimate of drug-likeness (QED) is 0.147. The van der Waals surface area contributed by atoms with E-state index in [0.29, 0.717) is 50.1 Å². The van der Waals surface area contributed by atoms with Crippen LogP contribution < -0.4 is 21.3 Å². The molecule has 2 heterocycles. The zero-order chi connectivity index (χ0) is 45.0. The normalized spacial score (nSPS) is 19.7. The molecule has 4 atom stereocenters. The third-order valence-corrected chi connectivity index (χ3v) is 13.5. The zero-order valence-electron chi connectivity index (χ0n) is 37.4. The first-order valence-corrected chi connectivity index (χ1v) is 22.5. The number of rotatable bonds is 12. The average Bonchev–Trinajstić information content (AvgIpc) is 4.12. The van der Waals surface area contributed by atoms with Gasteiger partial charge in [0.25, 0.3) is 0 Å². The first kappa shape index (κ1) is 45.1. The van der Waals surface area contributed by atoms with Crippen molar-refractivity contribution in [3.8, 4) is 22.3 Å². The van der Waals surface area contributed by atoms with Crippen LogP contribution in [0.4, 0.5) is 21.0 Å². The van der Waals surface area contributed by atoms with Crippen LogP contribution in [0.5, 0.6) is 0 Å². The number of carbonyl (C=O) groups is 6. The van der Waals surface area contributed by atoms with E-state index in [-0.39, 0.29) is 40.9 Å². The van der Waals surface area contributed by atoms with Gasteiger partial charge in [0, 0.05) is 24.5 Å². The highest BCUT2D eigenvalue weighted by molar-refractivity contribution is 6.00. The molecule has 1 saturated carbocycles. The number of hydrogen-bond donors (Lipinski definition) is 4. The Morgan fingerprint density at radius 3 is 1.51 bits per heavy atom. The Bertz CT molecular complexity index is 2200. The van der Waals surface area contributed by atoms with Gasteiger partial charge in [0.2, 0.25) is 23.6 Å². The van der Waals surface area contributed by atoms with E-state index >= 15 is 0 Å². The third kappa shape index (κ3) is 9.84. The lowest BCUT2D eigenvalue weighted by Crippen LogP contribution is -2.54. The number of anilines is 2. The predicted octanol–water partition coefficient (Wildman–Crippen LogP) is 7.30. The molecule has 7 rings (SSSR count). The standard InChI is InChI=1S/C49H62N6O8/c1-29(2)41(52-47(60)62-5)45(58)54-23-9-11-39(54)43(56)50-35-17-13-31(14-18-35)33-25-34-27-49(21-7-8-22-49)28-38(34)37(26-33)32-15-19-36(20-16-32)51-44(57)40-12-10-24-55(40)46(59)42(30(3)4)53-48(61)63-6/h13-20,25-26,29-30,39-42H,7-12,21-24,27-28H2,1-6H3,(H,50,56)(H,51,57)(H,52,60)(H,53,61)/t39-,40-,41+,42+/m1/s1. The summed E-state index contributed by atoms with van der Waals surface area (Å²) in [7, 11) is 2.51. The van der Waals surface area contributed by atoms with Crippen molar-refractivity contribution in [2.24, 2.45) is 17.3 Å². The molecule has 0 aromatic heterocycles. The Morgan fingerprint density at radius 2 is 1.06 bits per heavy atom. The Balaban J connectivity index is 1.07. The summed E-state index contributed by atoms with van der Waals surface area (Å²) in [6, 6.07) is 17.4. The van der Waals surface area contributed by atoms with Gasteiger partial charge >= 0.3 is 12.2 Å². The molecule has 2 aliphatic heterocycles. The molecule has 14 nitrogen and oxygen atoms in total. The minimum absolute atomic E-state index is 0.194. The Hall–Kier alpha value is -5.92. The van der Waals surface area contributed by atoms with Gasteiger partial charge in [0.15, 0.2) is 0 Å². The summed E-state index contributed by atoms with van der Waals surface area (Å²) in [5, 5.41) is 11.3. The van der Waals surface area contributed by atoms with Crippen molar-refractivity contribution in [1.29, 1.82) is 0 Å². The van der Waals surface area contributed by atoms with Gasteiger partial charge in [-0.15, -0.1) is 0 Å². The molecule has 4 N–H and O–H groups in total. The second-order valence-electron chi connectivity index (χ2n) is 18.4. The second-order valence-corrected chi connectivity index (χ2v) is 18.4. The van der Waals surface area contributed by atoms with E-state index in [1.807, 2.05) is 76.2 Å². The summed E-state index contributed by atoms with van der Waals surface area (Å²) in [5.41, 5.74) is 8.58. The molecule has 3 aromatic rings. The molecule has 3 aromatic carbocycles. The molecule has 14 heteroatoms. The summed E-state index contributed by atoms with van der Waals surface area (Å²) < 4.78 is 9.48. The number of carbonyl (C=O) groups excluding carboxylic acids is 6. The van der Waals surface area contributed by atoms with E-state index in [0.717, 1.165) is 29.5 Å². The van der Waals surface area contributed by atoms with Gasteiger partial charge in [-0.2, -0.15) is 0 Å². The van der Waals surface area contributed by atoms with Crippen LogP contribution in [0, 0.1) is 17.3 Å². The number of alkyl carbamates (subject to hydrolysis) is 2. The van der Waals surface area contributed by atoms with Crippen LogP contribution in [0.15, 0.2) is 60.7 Å². The van der Waals surface area contributed by atoms with Crippen molar-refractivity contribution >= 4 is 47.2 Å². The number of amides is 6. The fourth-order valence-electron chi connectivity index (χ4n) is 10.1. The number of fused-ring (bicyclic) bond motifs is 1. The molecule has 2 saturated heterocycles. The molecule has 63 heavy (non-hydrogen) atoms. The van der Waals surface area contributed by atoms with Crippen molar-refractivity contribution in [1.82, 2.24) is 20.4 Å². The summed E-state index contributed by atoms with van der Waals surface area (Å²) >= 11 is 0. The lowest BCUT2D eigenvalue weighted by atomic mass is 9.83. The van der Waals surface area contributed by atoms with Crippen LogP contribution in [0.2, 0.25) is 0 Å². The predicted molar refractivity (Wildman–Crippen MR) is 241 cm³/mol. The van der Waals surface area contributed by atoms with Crippen LogP contribution in [-0.2, 0) is 41.5 Å². The smallest absolute Gasteiger partial charge is 0.407 e. The number of methoxy groups -OCH3 is 2. The van der Waals surface area contributed by atoms with Crippen LogP contribution in [-0.4, -0.2) is 97.1 Å². The molecular formula is C49H62N6O8. The van der Waals surface area contributed by atoms with Crippen LogP contribution in [0.25, 0.3) is 22.3 Å². The number of benzene rings is 3. The molecule has 0 bridgehead atoms. The van der Waals surface area contributed by atoms with Crippen LogP contribution in [0.3, 0.4) is 0 Å². The molecular weight excluding hydrogens is 801 g/mol. The van der Waals surface area contributed by atoms with Crippen molar-refractivity contribution in [3.63, 3.8) is 0 Å². The Kier molecular flexibility index (Phi) is 13.8. The molecule has 6 amide bonds. The maximum absolute atomic E-state index is 13.7. The highest BCUT2D eigenvalue weighted by Crippen LogP contribution is 2.52. The van der Waals surface area contributed by atoms with Crippen molar-refractivity contribution in [2.45, 2.75) is 116 Å². The SMILES string of the molecule is COC(=O)N[C@H](C(=O)N1CCC[C@@H]1C(=O)Nc1ccc(-c2cc3c(c(-c4ccc(NC(=O)[C@H]5CCCN5C(=O)[C@@H](NC(=O)OC)C(C)C)cc4)c2)CC2(CCCC2)C3)cc1)C(C)C. The van der Waals surface area contributed by atoms with Gasteiger partial charge in [-0.3, -0.25) is 19.2 Å². The summed E-state index contributed by atoms with van der Waals surface area (Å²) in [6.45, 7) is 8.24. The topological polar surface area (TPSA) is 175 Å². The number of likely N-dealkylation sites (tertiary alicyclic amines) is 2. The largest absolute Gasteiger partial charge is 0.453 e. The number of nitrogens with one attached hydrogen (secondary N) is 4. The zero-order valence-corrected chi connectivity index (χ0v) is 37.4. The first-order chi connectivity index (χ1) is 30.2. The summed E-state index contributed by atoms with van der Waals surface area (Å²) in [5.74, 6) is -1.51. The van der Waals surface area contributed by atoms with Crippen molar-refractivity contribution < 1.29 is 38.2 Å². The fraction of sp³-hybridized carbons (Fsp3) is 0.510. The van der Waals surface area contributed by atoms with Gasteiger partial charge < -0.3 is 40.5 Å². The number of hydrogen-bond acceptors (Lipinski definition) is 8. The molecule has 2 aliphatic carbocycles. The van der Waals surface area contributed by atoms with Crippen LogP contribution >= 0.6 is 0 Å². The van der Waals surface area contributed by atoms with Crippen molar-refractivity contribution in [2.75, 3.05) is 37.9 Å². The lowest BCUT2D eigenvalue weighted by molar-refractivity contribution is -0.139. The van der Waals surface area contributed by atoms with Gasteiger partial charge in [0.1, 0.15) is 24.2 Å². The van der Waals surface area contributed by atoms with E-state index in [4.69, 9.17) is 9.47 Å².